The molecule has 0 aromatic heterocycles. The fourth-order valence-corrected chi connectivity index (χ4v) is 1.13. The highest BCUT2D eigenvalue weighted by atomic mass is 79.9. The zero-order valence-electron chi connectivity index (χ0n) is 6.09. The predicted molar refractivity (Wildman–Crippen MR) is 50.5 cm³/mol. The van der Waals surface area contributed by atoms with Crippen molar-refractivity contribution in [3.8, 4) is 5.75 Å². The van der Waals surface area contributed by atoms with Crippen LogP contribution in [0.5, 0.6) is 5.75 Å². The van der Waals surface area contributed by atoms with E-state index < -0.39 is 5.24 Å². The van der Waals surface area contributed by atoms with Crippen molar-refractivity contribution in [3.05, 3.63) is 28.7 Å². The Morgan fingerprint density at radius 1 is 1.58 bits per heavy atom. The molecule has 64 valence electrons. The van der Waals surface area contributed by atoms with Gasteiger partial charge in [-0.3, -0.25) is 4.79 Å². The smallest absolute Gasteiger partial charge is 0.259 e. The van der Waals surface area contributed by atoms with E-state index in [4.69, 9.17) is 16.3 Å². The van der Waals surface area contributed by atoms with Crippen molar-refractivity contribution in [2.75, 3.05) is 6.61 Å². The summed E-state index contributed by atoms with van der Waals surface area (Å²) in [6, 6.07) is 7.21. The zero-order chi connectivity index (χ0) is 8.97. The van der Waals surface area contributed by atoms with Crippen LogP contribution in [-0.4, -0.2) is 11.8 Å². The first-order valence-corrected chi connectivity index (χ1v) is 4.42. The molecule has 1 rings (SSSR count). The first-order valence-electron chi connectivity index (χ1n) is 3.25. The largest absolute Gasteiger partial charge is 0.484 e. The minimum absolute atomic E-state index is 0.0992. The summed E-state index contributed by atoms with van der Waals surface area (Å²) in [5.74, 6) is 0.623. The van der Waals surface area contributed by atoms with Crippen LogP contribution >= 0.6 is 27.5 Å². The molecule has 0 atom stereocenters. The van der Waals surface area contributed by atoms with Gasteiger partial charge in [0.1, 0.15) is 5.75 Å². The third-order valence-electron chi connectivity index (χ3n) is 1.15. The third-order valence-corrected chi connectivity index (χ3v) is 1.75. The average Bonchev–Trinajstić information content (AvgIpc) is 2.01. The topological polar surface area (TPSA) is 26.3 Å². The van der Waals surface area contributed by atoms with E-state index in [9.17, 15) is 4.79 Å². The number of hydrogen-bond acceptors (Lipinski definition) is 2. The van der Waals surface area contributed by atoms with Gasteiger partial charge in [-0.2, -0.15) is 0 Å². The van der Waals surface area contributed by atoms with Crippen molar-refractivity contribution < 1.29 is 9.53 Å². The molecule has 0 fully saturated rings. The molecule has 1 aromatic carbocycles. The molecular formula is C8H6BrClO2. The monoisotopic (exact) mass is 248 g/mol. The maximum absolute atomic E-state index is 10.3. The summed E-state index contributed by atoms with van der Waals surface area (Å²) in [7, 11) is 0. The van der Waals surface area contributed by atoms with E-state index in [1.807, 2.05) is 12.1 Å². The van der Waals surface area contributed by atoms with E-state index in [0.29, 0.717) is 5.75 Å². The van der Waals surface area contributed by atoms with Crippen LogP contribution < -0.4 is 4.74 Å². The quantitative estimate of drug-likeness (QED) is 0.770. The Balaban J connectivity index is 2.57. The van der Waals surface area contributed by atoms with Gasteiger partial charge in [0.2, 0.25) is 0 Å². The van der Waals surface area contributed by atoms with Crippen LogP contribution in [0, 0.1) is 0 Å². The molecule has 0 amide bonds. The first kappa shape index (κ1) is 9.55. The second kappa shape index (κ2) is 4.48. The summed E-state index contributed by atoms with van der Waals surface area (Å²) in [6.45, 7) is -0.0992. The number of ether oxygens (including phenoxy) is 1. The summed E-state index contributed by atoms with van der Waals surface area (Å²) >= 11 is 8.36. The van der Waals surface area contributed by atoms with E-state index >= 15 is 0 Å². The van der Waals surface area contributed by atoms with Crippen LogP contribution in [0.4, 0.5) is 0 Å². The molecule has 2 nitrogen and oxygen atoms in total. The Hall–Kier alpha value is -0.540. The number of halogens is 2. The molecule has 4 heteroatoms. The maximum atomic E-state index is 10.3. The fourth-order valence-electron chi connectivity index (χ4n) is 0.697. The molecule has 0 aliphatic carbocycles. The highest BCUT2D eigenvalue weighted by Crippen LogP contribution is 2.17. The summed E-state index contributed by atoms with van der Waals surface area (Å²) in [6.07, 6.45) is 0. The molecule has 0 unspecified atom stereocenters. The van der Waals surface area contributed by atoms with Crippen LogP contribution in [0.25, 0.3) is 0 Å². The van der Waals surface area contributed by atoms with Gasteiger partial charge in [0.25, 0.3) is 5.24 Å². The fraction of sp³-hybridized carbons (Fsp3) is 0.125. The van der Waals surface area contributed by atoms with Crippen molar-refractivity contribution in [2.24, 2.45) is 0 Å². The van der Waals surface area contributed by atoms with E-state index in [1.54, 1.807) is 12.1 Å². The molecule has 0 aliphatic rings. The molecular weight excluding hydrogens is 243 g/mol. The van der Waals surface area contributed by atoms with Gasteiger partial charge in [0.15, 0.2) is 6.61 Å². The van der Waals surface area contributed by atoms with Gasteiger partial charge < -0.3 is 4.74 Å². The first-order chi connectivity index (χ1) is 5.68. The highest BCUT2D eigenvalue weighted by molar-refractivity contribution is 9.10. The Morgan fingerprint density at radius 2 is 2.33 bits per heavy atom. The second-order valence-electron chi connectivity index (χ2n) is 2.10. The molecule has 12 heavy (non-hydrogen) atoms. The SMILES string of the molecule is O=C(Cl)COc1cccc(Br)c1. The second-order valence-corrected chi connectivity index (χ2v) is 3.44. The Morgan fingerprint density at radius 3 is 2.92 bits per heavy atom. The maximum Gasteiger partial charge on any atom is 0.259 e. The lowest BCUT2D eigenvalue weighted by Crippen LogP contribution is -2.03. The minimum Gasteiger partial charge on any atom is -0.484 e. The minimum atomic E-state index is -0.505. The summed E-state index contributed by atoms with van der Waals surface area (Å²) < 4.78 is 5.94. The van der Waals surface area contributed by atoms with Gasteiger partial charge in [-0.25, -0.2) is 0 Å². The lowest BCUT2D eigenvalue weighted by Gasteiger charge is -2.01. The average molecular weight is 249 g/mol. The number of carbonyl (C=O) groups excluding carboxylic acids is 1. The van der Waals surface area contributed by atoms with Crippen molar-refractivity contribution in [1.82, 2.24) is 0 Å². The number of rotatable bonds is 3. The summed E-state index contributed by atoms with van der Waals surface area (Å²) in [5.41, 5.74) is 0. The Labute approximate surface area is 83.6 Å². The van der Waals surface area contributed by atoms with Gasteiger partial charge >= 0.3 is 0 Å². The van der Waals surface area contributed by atoms with E-state index in [-0.39, 0.29) is 6.61 Å². The zero-order valence-corrected chi connectivity index (χ0v) is 8.43. The van der Waals surface area contributed by atoms with Crippen LogP contribution in [-0.2, 0) is 4.79 Å². The highest BCUT2D eigenvalue weighted by Gasteiger charge is 1.97. The lowest BCUT2D eigenvalue weighted by atomic mass is 10.3. The van der Waals surface area contributed by atoms with Crippen LogP contribution in [0.15, 0.2) is 28.7 Å². The van der Waals surface area contributed by atoms with Crippen LogP contribution in [0.3, 0.4) is 0 Å². The summed E-state index contributed by atoms with van der Waals surface area (Å²) in [4.78, 5) is 10.3. The van der Waals surface area contributed by atoms with Crippen molar-refractivity contribution in [3.63, 3.8) is 0 Å². The lowest BCUT2D eigenvalue weighted by molar-refractivity contribution is -0.113. The molecule has 0 N–H and O–H groups in total. The van der Waals surface area contributed by atoms with Crippen LogP contribution in [0.2, 0.25) is 0 Å². The Bertz CT molecular complexity index is 288. The molecule has 0 bridgehead atoms. The van der Waals surface area contributed by atoms with Gasteiger partial charge in [0.05, 0.1) is 0 Å². The number of carbonyl (C=O) groups is 1. The van der Waals surface area contributed by atoms with Gasteiger partial charge in [-0.05, 0) is 29.8 Å². The molecule has 0 radical (unpaired) electrons. The predicted octanol–water partition coefficient (Wildman–Crippen LogP) is 2.59. The molecule has 1 aromatic rings. The third kappa shape index (κ3) is 3.24. The number of benzene rings is 1. The van der Waals surface area contributed by atoms with Crippen molar-refractivity contribution >= 4 is 32.8 Å². The van der Waals surface area contributed by atoms with Gasteiger partial charge in [-0.1, -0.05) is 22.0 Å². The molecule has 0 spiro atoms. The van der Waals surface area contributed by atoms with Crippen LogP contribution in [0.1, 0.15) is 0 Å². The van der Waals surface area contributed by atoms with E-state index in [1.165, 1.54) is 0 Å². The standard InChI is InChI=1S/C8H6BrClO2/c9-6-2-1-3-7(4-6)12-5-8(10)11/h1-4H,5H2. The van der Waals surface area contributed by atoms with E-state index in [0.717, 1.165) is 4.47 Å². The summed E-state index contributed by atoms with van der Waals surface area (Å²) in [5, 5.41) is -0.505. The van der Waals surface area contributed by atoms with Crippen molar-refractivity contribution in [1.29, 1.82) is 0 Å². The normalized spacial score (nSPS) is 9.50. The van der Waals surface area contributed by atoms with Crippen molar-refractivity contribution in [2.45, 2.75) is 0 Å². The molecule has 0 saturated heterocycles. The molecule has 0 aliphatic heterocycles. The Kier molecular flexibility index (Phi) is 3.56. The molecule has 0 saturated carbocycles. The van der Waals surface area contributed by atoms with E-state index in [2.05, 4.69) is 15.9 Å². The van der Waals surface area contributed by atoms with Gasteiger partial charge in [-0.15, -0.1) is 0 Å². The number of hydrogen-bond donors (Lipinski definition) is 0. The molecule has 0 heterocycles. The van der Waals surface area contributed by atoms with Gasteiger partial charge in [0, 0.05) is 4.47 Å².